The van der Waals surface area contributed by atoms with E-state index in [0.717, 1.165) is 11.1 Å². The molecular weight excluding hydrogens is 376 g/mol. The number of rotatable bonds is 5. The highest BCUT2D eigenvalue weighted by molar-refractivity contribution is 6.23. The Morgan fingerprint density at radius 3 is 2.17 bits per heavy atom. The molecule has 0 aromatic heterocycles. The van der Waals surface area contributed by atoms with Crippen molar-refractivity contribution in [2.75, 3.05) is 4.90 Å². The molecule has 3 amide bonds. The van der Waals surface area contributed by atoms with Crippen LogP contribution in [0.25, 0.3) is 0 Å². The summed E-state index contributed by atoms with van der Waals surface area (Å²) < 4.78 is 0. The Hall–Kier alpha value is -2.95. The molecule has 5 heteroatoms. The summed E-state index contributed by atoms with van der Waals surface area (Å²) in [6, 6.07) is 16.2. The highest BCUT2D eigenvalue weighted by Gasteiger charge is 2.47. The molecule has 2 aromatic carbocycles. The molecule has 0 spiro atoms. The Kier molecular flexibility index (Phi) is 6.11. The minimum absolute atomic E-state index is 0.00254. The van der Waals surface area contributed by atoms with Crippen LogP contribution in [0.4, 0.5) is 5.69 Å². The van der Waals surface area contributed by atoms with Crippen molar-refractivity contribution in [2.45, 2.75) is 65.0 Å². The number of benzene rings is 2. The van der Waals surface area contributed by atoms with Gasteiger partial charge in [0.1, 0.15) is 6.04 Å². The van der Waals surface area contributed by atoms with Crippen molar-refractivity contribution in [3.63, 3.8) is 0 Å². The second kappa shape index (κ2) is 8.42. The van der Waals surface area contributed by atoms with Crippen LogP contribution in [0.1, 0.15) is 58.1 Å². The van der Waals surface area contributed by atoms with Gasteiger partial charge in [0.2, 0.25) is 11.8 Å². The fourth-order valence-corrected chi connectivity index (χ4v) is 3.97. The molecule has 0 radical (unpaired) electrons. The molecule has 2 aromatic rings. The predicted octanol–water partition coefficient (Wildman–Crippen LogP) is 4.31. The first-order chi connectivity index (χ1) is 14.1. The van der Waals surface area contributed by atoms with Crippen LogP contribution in [0.5, 0.6) is 0 Å². The van der Waals surface area contributed by atoms with E-state index in [1.54, 1.807) is 17.0 Å². The quantitative estimate of drug-likeness (QED) is 0.695. The number of anilines is 1. The fourth-order valence-electron chi connectivity index (χ4n) is 3.97. The molecule has 0 aliphatic carbocycles. The monoisotopic (exact) mass is 406 g/mol. The van der Waals surface area contributed by atoms with Crippen LogP contribution in [-0.4, -0.2) is 34.2 Å². The summed E-state index contributed by atoms with van der Waals surface area (Å²) in [6.45, 7) is 9.88. The van der Waals surface area contributed by atoms with Crippen molar-refractivity contribution in [1.29, 1.82) is 0 Å². The third kappa shape index (κ3) is 4.45. The molecule has 1 heterocycles. The molecule has 158 valence electrons. The van der Waals surface area contributed by atoms with Gasteiger partial charge >= 0.3 is 0 Å². The first-order valence-electron chi connectivity index (χ1n) is 10.4. The summed E-state index contributed by atoms with van der Waals surface area (Å²) in [5, 5.41) is 0. The van der Waals surface area contributed by atoms with Crippen LogP contribution in [0.2, 0.25) is 0 Å². The largest absolute Gasteiger partial charge is 0.325 e. The minimum Gasteiger partial charge on any atom is -0.325 e. The predicted molar refractivity (Wildman–Crippen MR) is 118 cm³/mol. The number of hydrogen-bond donors (Lipinski definition) is 0. The molecule has 1 aliphatic heterocycles. The Labute approximate surface area is 178 Å². The van der Waals surface area contributed by atoms with Crippen molar-refractivity contribution < 1.29 is 14.4 Å². The van der Waals surface area contributed by atoms with Crippen LogP contribution in [-0.2, 0) is 20.8 Å². The zero-order valence-electron chi connectivity index (χ0n) is 18.4. The van der Waals surface area contributed by atoms with Crippen molar-refractivity contribution >= 4 is 23.4 Å². The molecule has 5 nitrogen and oxygen atoms in total. The topological polar surface area (TPSA) is 57.7 Å². The van der Waals surface area contributed by atoms with Crippen molar-refractivity contribution in [3.05, 3.63) is 65.7 Å². The smallest absolute Gasteiger partial charge is 0.257 e. The van der Waals surface area contributed by atoms with Crippen LogP contribution in [0.15, 0.2) is 54.6 Å². The molecule has 0 saturated carbocycles. The average molecular weight is 407 g/mol. The van der Waals surface area contributed by atoms with E-state index < -0.39 is 11.6 Å². The van der Waals surface area contributed by atoms with E-state index in [1.807, 2.05) is 63.2 Å². The van der Waals surface area contributed by atoms with Gasteiger partial charge in [-0.3, -0.25) is 14.4 Å². The van der Waals surface area contributed by atoms with Gasteiger partial charge in [-0.15, -0.1) is 0 Å². The summed E-state index contributed by atoms with van der Waals surface area (Å²) in [5.74, 6) is -0.404. The number of amides is 3. The van der Waals surface area contributed by atoms with Crippen molar-refractivity contribution in [3.8, 4) is 0 Å². The van der Waals surface area contributed by atoms with E-state index in [-0.39, 0.29) is 30.6 Å². The average Bonchev–Trinajstić information content (AvgIpc) is 2.95. The molecule has 3 rings (SSSR count). The van der Waals surface area contributed by atoms with Gasteiger partial charge in [0.25, 0.3) is 5.91 Å². The maximum absolute atomic E-state index is 13.3. The molecule has 1 unspecified atom stereocenters. The molecule has 30 heavy (non-hydrogen) atoms. The van der Waals surface area contributed by atoms with E-state index in [9.17, 15) is 14.4 Å². The normalized spacial score (nSPS) is 17.0. The number of nitrogens with zero attached hydrogens (tertiary/aromatic N) is 2. The van der Waals surface area contributed by atoms with Gasteiger partial charge in [0, 0.05) is 5.54 Å². The molecule has 0 N–H and O–H groups in total. The maximum atomic E-state index is 13.3. The lowest BCUT2D eigenvalue weighted by Gasteiger charge is -2.39. The van der Waals surface area contributed by atoms with Gasteiger partial charge in [-0.05, 0) is 49.9 Å². The number of carbonyl (C=O) groups is 3. The van der Waals surface area contributed by atoms with Crippen LogP contribution < -0.4 is 4.90 Å². The summed E-state index contributed by atoms with van der Waals surface area (Å²) in [4.78, 5) is 42.1. The van der Waals surface area contributed by atoms with Gasteiger partial charge in [-0.1, -0.05) is 56.3 Å². The molecule has 1 atom stereocenters. The van der Waals surface area contributed by atoms with E-state index >= 15 is 0 Å². The van der Waals surface area contributed by atoms with E-state index in [1.165, 1.54) is 4.90 Å². The SMILES string of the molecule is CC(C)c1ccc(N2C(=O)CC(N(C(=O)Cc3ccccc3)C(C)(C)C)C2=O)cc1. The van der Waals surface area contributed by atoms with E-state index in [4.69, 9.17) is 0 Å². The van der Waals surface area contributed by atoms with Crippen molar-refractivity contribution in [2.24, 2.45) is 0 Å². The lowest BCUT2D eigenvalue weighted by molar-refractivity contribution is -0.143. The fraction of sp³-hybridized carbons (Fsp3) is 0.400. The zero-order valence-corrected chi connectivity index (χ0v) is 18.4. The highest BCUT2D eigenvalue weighted by atomic mass is 16.2. The molecule has 1 saturated heterocycles. The highest BCUT2D eigenvalue weighted by Crippen LogP contribution is 2.31. The molecule has 0 bridgehead atoms. The van der Waals surface area contributed by atoms with Gasteiger partial charge in [-0.2, -0.15) is 0 Å². The number of hydrogen-bond acceptors (Lipinski definition) is 3. The second-order valence-electron chi connectivity index (χ2n) is 9.13. The number of imide groups is 1. The van der Waals surface area contributed by atoms with Gasteiger partial charge in [0.15, 0.2) is 0 Å². The Bertz CT molecular complexity index is 927. The lowest BCUT2D eigenvalue weighted by atomic mass is 9.99. The van der Waals surface area contributed by atoms with Crippen LogP contribution in [0, 0.1) is 0 Å². The maximum Gasteiger partial charge on any atom is 0.257 e. The van der Waals surface area contributed by atoms with Crippen molar-refractivity contribution in [1.82, 2.24) is 4.90 Å². The molecule has 1 aliphatic rings. The Morgan fingerprint density at radius 2 is 1.63 bits per heavy atom. The standard InChI is InChI=1S/C25H30N2O3/c1-17(2)19-11-13-20(14-12-19)26-22(28)16-21(24(26)30)27(25(3,4)5)23(29)15-18-9-7-6-8-10-18/h6-14,17,21H,15-16H2,1-5H3. The first-order valence-corrected chi connectivity index (χ1v) is 10.4. The molecular formula is C25H30N2O3. The Balaban J connectivity index is 1.87. The summed E-state index contributed by atoms with van der Waals surface area (Å²) in [5.41, 5.74) is 1.99. The van der Waals surface area contributed by atoms with Gasteiger partial charge < -0.3 is 4.90 Å². The summed E-state index contributed by atoms with van der Waals surface area (Å²) >= 11 is 0. The minimum atomic E-state index is -0.793. The molecule has 1 fully saturated rings. The van der Waals surface area contributed by atoms with Crippen LogP contribution in [0.3, 0.4) is 0 Å². The first kappa shape index (κ1) is 21.8. The second-order valence-corrected chi connectivity index (χ2v) is 9.13. The third-order valence-corrected chi connectivity index (χ3v) is 5.44. The lowest BCUT2D eigenvalue weighted by Crippen LogP contribution is -2.55. The third-order valence-electron chi connectivity index (χ3n) is 5.44. The van der Waals surface area contributed by atoms with Gasteiger partial charge in [0.05, 0.1) is 18.5 Å². The Morgan fingerprint density at radius 1 is 1.03 bits per heavy atom. The summed E-state index contributed by atoms with van der Waals surface area (Å²) in [6.07, 6.45) is 0.196. The van der Waals surface area contributed by atoms with Gasteiger partial charge in [-0.25, -0.2) is 4.90 Å². The van der Waals surface area contributed by atoms with E-state index in [2.05, 4.69) is 13.8 Å². The number of carbonyl (C=O) groups excluding carboxylic acids is 3. The van der Waals surface area contributed by atoms with E-state index in [0.29, 0.717) is 11.6 Å². The summed E-state index contributed by atoms with van der Waals surface area (Å²) in [7, 11) is 0. The van der Waals surface area contributed by atoms with Crippen LogP contribution >= 0.6 is 0 Å². The zero-order chi connectivity index (χ0) is 22.1.